The van der Waals surface area contributed by atoms with Gasteiger partial charge in [-0.2, -0.15) is 0 Å². The van der Waals surface area contributed by atoms with Gasteiger partial charge in [0, 0.05) is 18.0 Å². The lowest BCUT2D eigenvalue weighted by Crippen LogP contribution is -2.44. The van der Waals surface area contributed by atoms with Crippen molar-refractivity contribution in [2.24, 2.45) is 0 Å². The van der Waals surface area contributed by atoms with E-state index in [1.807, 2.05) is 6.07 Å². The summed E-state index contributed by atoms with van der Waals surface area (Å²) < 4.78 is 0. The largest absolute Gasteiger partial charge is 0.395 e. The van der Waals surface area contributed by atoms with Crippen LogP contribution >= 0.6 is 0 Å². The summed E-state index contributed by atoms with van der Waals surface area (Å²) in [4.78, 5) is 2.48. The average molecular weight is 275 g/mol. The number of nitrogens with zero attached hydrogens (tertiary/aromatic N) is 1. The molecule has 1 aromatic carbocycles. The average Bonchev–Trinajstić information content (AvgIpc) is 2.77. The van der Waals surface area contributed by atoms with Crippen molar-refractivity contribution in [2.45, 2.75) is 56.9 Å². The van der Waals surface area contributed by atoms with Gasteiger partial charge in [-0.3, -0.25) is 0 Å². The van der Waals surface area contributed by atoms with Crippen molar-refractivity contribution < 1.29 is 5.11 Å². The fraction of sp³-hybridized carbons (Fsp3) is 0.667. The van der Waals surface area contributed by atoms with Crippen LogP contribution in [0, 0.1) is 0 Å². The molecule has 0 radical (unpaired) electrons. The lowest BCUT2D eigenvalue weighted by atomic mass is 9.82. The molecule has 0 saturated heterocycles. The van der Waals surface area contributed by atoms with Gasteiger partial charge >= 0.3 is 0 Å². The van der Waals surface area contributed by atoms with Crippen molar-refractivity contribution in [1.29, 1.82) is 0 Å². The van der Waals surface area contributed by atoms with Crippen LogP contribution in [-0.2, 0) is 5.41 Å². The third kappa shape index (κ3) is 3.83. The first-order chi connectivity index (χ1) is 9.65. The Morgan fingerprint density at radius 1 is 1.10 bits per heavy atom. The SMILES string of the molecule is CN(CC(C)(CO)c1ccccc1)C1CCCCCC1. The van der Waals surface area contributed by atoms with Crippen LogP contribution in [0.3, 0.4) is 0 Å². The fourth-order valence-electron chi connectivity index (χ4n) is 3.45. The lowest BCUT2D eigenvalue weighted by molar-refractivity contribution is 0.127. The van der Waals surface area contributed by atoms with Gasteiger partial charge in [-0.25, -0.2) is 0 Å². The minimum absolute atomic E-state index is 0.164. The Balaban J connectivity index is 2.05. The van der Waals surface area contributed by atoms with E-state index >= 15 is 0 Å². The van der Waals surface area contributed by atoms with Gasteiger partial charge in [-0.1, -0.05) is 62.9 Å². The van der Waals surface area contributed by atoms with E-state index in [2.05, 4.69) is 43.1 Å². The molecule has 112 valence electrons. The fourth-order valence-corrected chi connectivity index (χ4v) is 3.45. The summed E-state index contributed by atoms with van der Waals surface area (Å²) in [6.45, 7) is 3.31. The molecule has 1 aliphatic carbocycles. The molecule has 1 fully saturated rings. The highest BCUT2D eigenvalue weighted by Crippen LogP contribution is 2.27. The molecule has 20 heavy (non-hydrogen) atoms. The molecular formula is C18H29NO. The van der Waals surface area contributed by atoms with Gasteiger partial charge in [0.25, 0.3) is 0 Å². The normalized spacial score (nSPS) is 20.6. The van der Waals surface area contributed by atoms with Crippen molar-refractivity contribution in [3.05, 3.63) is 35.9 Å². The Labute approximate surface area is 123 Å². The Hall–Kier alpha value is -0.860. The van der Waals surface area contributed by atoms with E-state index in [4.69, 9.17) is 0 Å². The van der Waals surface area contributed by atoms with E-state index in [0.29, 0.717) is 6.04 Å². The number of hydrogen-bond donors (Lipinski definition) is 1. The maximum absolute atomic E-state index is 9.91. The first kappa shape index (κ1) is 15.5. The molecule has 2 rings (SSSR count). The van der Waals surface area contributed by atoms with Crippen LogP contribution in [0.2, 0.25) is 0 Å². The van der Waals surface area contributed by atoms with Crippen LogP contribution < -0.4 is 0 Å². The highest BCUT2D eigenvalue weighted by molar-refractivity contribution is 5.25. The molecular weight excluding hydrogens is 246 g/mol. The van der Waals surface area contributed by atoms with Gasteiger partial charge in [0.2, 0.25) is 0 Å². The molecule has 0 heterocycles. The molecule has 1 unspecified atom stereocenters. The summed E-state index contributed by atoms with van der Waals surface area (Å²) in [5.74, 6) is 0. The molecule has 0 spiro atoms. The summed E-state index contributed by atoms with van der Waals surface area (Å²) in [5.41, 5.74) is 1.07. The van der Waals surface area contributed by atoms with E-state index in [1.54, 1.807) is 0 Å². The predicted molar refractivity (Wildman–Crippen MR) is 85.0 cm³/mol. The minimum atomic E-state index is -0.164. The van der Waals surface area contributed by atoms with Gasteiger partial charge in [0.05, 0.1) is 6.61 Å². The zero-order valence-electron chi connectivity index (χ0n) is 13.0. The molecule has 0 aliphatic heterocycles. The summed E-state index contributed by atoms with van der Waals surface area (Å²) in [7, 11) is 2.23. The first-order valence-corrected chi connectivity index (χ1v) is 8.02. The maximum atomic E-state index is 9.91. The number of likely N-dealkylation sites (N-methyl/N-ethyl adjacent to an activating group) is 1. The Morgan fingerprint density at radius 3 is 2.25 bits per heavy atom. The lowest BCUT2D eigenvalue weighted by Gasteiger charge is -2.36. The highest BCUT2D eigenvalue weighted by atomic mass is 16.3. The monoisotopic (exact) mass is 275 g/mol. The topological polar surface area (TPSA) is 23.5 Å². The van der Waals surface area contributed by atoms with Crippen molar-refractivity contribution in [1.82, 2.24) is 4.90 Å². The Morgan fingerprint density at radius 2 is 1.70 bits per heavy atom. The second kappa shape index (κ2) is 7.24. The highest BCUT2D eigenvalue weighted by Gasteiger charge is 2.29. The summed E-state index contributed by atoms with van der Waals surface area (Å²) in [6, 6.07) is 11.1. The van der Waals surface area contributed by atoms with Gasteiger partial charge < -0.3 is 10.0 Å². The quantitative estimate of drug-likeness (QED) is 0.830. The predicted octanol–water partition coefficient (Wildman–Crippen LogP) is 3.59. The van der Waals surface area contributed by atoms with Gasteiger partial charge in [0.15, 0.2) is 0 Å². The van der Waals surface area contributed by atoms with Crippen molar-refractivity contribution in [3.63, 3.8) is 0 Å². The van der Waals surface area contributed by atoms with Crippen LogP contribution in [0.5, 0.6) is 0 Å². The van der Waals surface area contributed by atoms with Gasteiger partial charge in [-0.05, 0) is 25.5 Å². The molecule has 0 bridgehead atoms. The molecule has 1 aliphatic rings. The first-order valence-electron chi connectivity index (χ1n) is 8.02. The van der Waals surface area contributed by atoms with Crippen LogP contribution in [0.1, 0.15) is 51.0 Å². The van der Waals surface area contributed by atoms with Crippen LogP contribution in [0.25, 0.3) is 0 Å². The van der Waals surface area contributed by atoms with Crippen molar-refractivity contribution >= 4 is 0 Å². The Bertz CT molecular complexity index is 384. The van der Waals surface area contributed by atoms with E-state index in [1.165, 1.54) is 44.1 Å². The van der Waals surface area contributed by atoms with Crippen molar-refractivity contribution in [3.8, 4) is 0 Å². The van der Waals surface area contributed by atoms with Crippen LogP contribution in [0.15, 0.2) is 30.3 Å². The molecule has 2 heteroatoms. The van der Waals surface area contributed by atoms with Crippen LogP contribution in [-0.4, -0.2) is 36.2 Å². The third-order valence-corrected chi connectivity index (χ3v) is 4.87. The van der Waals surface area contributed by atoms with E-state index < -0.39 is 0 Å². The van der Waals surface area contributed by atoms with E-state index in [9.17, 15) is 5.11 Å². The summed E-state index contributed by atoms with van der Waals surface area (Å²) in [6.07, 6.45) is 8.12. The smallest absolute Gasteiger partial charge is 0.0537 e. The standard InChI is InChI=1S/C18H29NO/c1-18(15-20,16-10-6-5-7-11-16)14-19(2)17-12-8-3-4-9-13-17/h5-7,10-11,17,20H,3-4,8-9,12-15H2,1-2H3. The third-order valence-electron chi connectivity index (χ3n) is 4.87. The molecule has 0 aromatic heterocycles. The second-order valence-corrected chi connectivity index (χ2v) is 6.65. The Kier molecular flexibility index (Phi) is 5.62. The molecule has 2 nitrogen and oxygen atoms in total. The summed E-state index contributed by atoms with van der Waals surface area (Å²) in [5, 5.41) is 9.91. The number of aliphatic hydroxyl groups is 1. The molecule has 0 amide bonds. The number of rotatable bonds is 5. The number of benzene rings is 1. The maximum Gasteiger partial charge on any atom is 0.0537 e. The van der Waals surface area contributed by atoms with Crippen molar-refractivity contribution in [2.75, 3.05) is 20.2 Å². The number of hydrogen-bond acceptors (Lipinski definition) is 2. The van der Waals surface area contributed by atoms with Gasteiger partial charge in [-0.15, -0.1) is 0 Å². The molecule has 1 saturated carbocycles. The number of aliphatic hydroxyl groups excluding tert-OH is 1. The van der Waals surface area contributed by atoms with E-state index in [-0.39, 0.29) is 12.0 Å². The zero-order chi connectivity index (χ0) is 14.4. The molecule has 1 N–H and O–H groups in total. The zero-order valence-corrected chi connectivity index (χ0v) is 13.0. The molecule has 1 aromatic rings. The second-order valence-electron chi connectivity index (χ2n) is 6.65. The molecule has 1 atom stereocenters. The van der Waals surface area contributed by atoms with Gasteiger partial charge in [0.1, 0.15) is 0 Å². The minimum Gasteiger partial charge on any atom is -0.395 e. The summed E-state index contributed by atoms with van der Waals surface area (Å²) >= 11 is 0. The van der Waals surface area contributed by atoms with Crippen LogP contribution in [0.4, 0.5) is 0 Å². The van der Waals surface area contributed by atoms with E-state index in [0.717, 1.165) is 6.54 Å².